The van der Waals surface area contributed by atoms with Crippen LogP contribution in [0.25, 0.3) is 0 Å². The van der Waals surface area contributed by atoms with Crippen molar-refractivity contribution in [2.75, 3.05) is 0 Å². The highest BCUT2D eigenvalue weighted by Crippen LogP contribution is 2.41. The number of carbonyl (C=O) groups excluding carboxylic acids is 1. The van der Waals surface area contributed by atoms with Crippen molar-refractivity contribution in [1.82, 2.24) is 0 Å². The van der Waals surface area contributed by atoms with Gasteiger partial charge in [0.1, 0.15) is 5.78 Å². The zero-order valence-corrected chi connectivity index (χ0v) is 13.9. The number of benzene rings is 1. The molecule has 0 saturated carbocycles. The molecule has 3 rings (SSSR count). The summed E-state index contributed by atoms with van der Waals surface area (Å²) in [5, 5.41) is -0.808. The third-order valence-electron chi connectivity index (χ3n) is 5.20. The number of hydrogen-bond acceptors (Lipinski definition) is 3. The van der Waals surface area contributed by atoms with E-state index in [1.165, 1.54) is 6.07 Å². The maximum atomic E-state index is 12.7. The van der Waals surface area contributed by atoms with Gasteiger partial charge in [-0.15, -0.1) is 0 Å². The van der Waals surface area contributed by atoms with Crippen LogP contribution in [0.1, 0.15) is 43.2 Å². The Labute approximate surface area is 139 Å². The van der Waals surface area contributed by atoms with Crippen LogP contribution in [-0.2, 0) is 27.2 Å². The smallest absolute Gasteiger partial charge is 0.299 e. The molecule has 0 radical (unpaired) electrons. The summed E-state index contributed by atoms with van der Waals surface area (Å²) in [5.74, 6) is -0.295. The van der Waals surface area contributed by atoms with Gasteiger partial charge < -0.3 is 0 Å². The Balaban J connectivity index is 1.61. The van der Waals surface area contributed by atoms with E-state index < -0.39 is 32.1 Å². The molecule has 0 aliphatic carbocycles. The Kier molecular flexibility index (Phi) is 4.49. The van der Waals surface area contributed by atoms with Gasteiger partial charge in [-0.25, -0.2) is 8.42 Å². The molecule has 1 aromatic rings. The predicted molar refractivity (Wildman–Crippen MR) is 83.2 cm³/mol. The van der Waals surface area contributed by atoms with Crippen LogP contribution in [0.5, 0.6) is 0 Å². The summed E-state index contributed by atoms with van der Waals surface area (Å²) in [6.07, 6.45) is -1.97. The monoisotopic (exact) mass is 360 g/mol. The van der Waals surface area contributed by atoms with Crippen molar-refractivity contribution in [2.24, 2.45) is 5.92 Å². The van der Waals surface area contributed by atoms with Crippen LogP contribution in [0.3, 0.4) is 0 Å². The lowest BCUT2D eigenvalue weighted by Gasteiger charge is -2.27. The van der Waals surface area contributed by atoms with Gasteiger partial charge in [0.05, 0.1) is 16.1 Å². The molecular formula is C17H19F3O3S. The van der Waals surface area contributed by atoms with Crippen LogP contribution in [0, 0.1) is 5.92 Å². The molecule has 1 aromatic carbocycles. The van der Waals surface area contributed by atoms with E-state index in [0.717, 1.165) is 12.1 Å². The average molecular weight is 360 g/mol. The highest BCUT2D eigenvalue weighted by molar-refractivity contribution is 7.93. The SMILES string of the molecule is O=C(CCc1cccc(C(F)(F)F)c1)C1CC2CCC(C1)S2(=O)=O. The first kappa shape index (κ1) is 17.5. The van der Waals surface area contributed by atoms with Crippen LogP contribution < -0.4 is 0 Å². The summed E-state index contributed by atoms with van der Waals surface area (Å²) >= 11 is 0. The van der Waals surface area contributed by atoms with E-state index >= 15 is 0 Å². The van der Waals surface area contributed by atoms with Crippen LogP contribution in [0.2, 0.25) is 0 Å². The third kappa shape index (κ3) is 3.36. The molecule has 0 spiro atoms. The molecule has 0 N–H and O–H groups in total. The van der Waals surface area contributed by atoms with Crippen LogP contribution >= 0.6 is 0 Å². The highest BCUT2D eigenvalue weighted by Gasteiger charge is 2.48. The number of alkyl halides is 3. The predicted octanol–water partition coefficient (Wildman–Crippen LogP) is 3.56. The Morgan fingerprint density at radius 3 is 2.33 bits per heavy atom. The van der Waals surface area contributed by atoms with E-state index in [4.69, 9.17) is 0 Å². The molecule has 7 heteroatoms. The largest absolute Gasteiger partial charge is 0.416 e. The Morgan fingerprint density at radius 1 is 1.12 bits per heavy atom. The van der Waals surface area contributed by atoms with E-state index in [-0.39, 0.29) is 24.5 Å². The van der Waals surface area contributed by atoms with E-state index in [1.807, 2.05) is 0 Å². The topological polar surface area (TPSA) is 51.2 Å². The van der Waals surface area contributed by atoms with Gasteiger partial charge in [0.25, 0.3) is 0 Å². The summed E-state index contributed by atoms with van der Waals surface area (Å²) in [7, 11) is -3.06. The average Bonchev–Trinajstić information content (AvgIpc) is 2.70. The lowest BCUT2D eigenvalue weighted by Crippen LogP contribution is -2.36. The van der Waals surface area contributed by atoms with E-state index in [0.29, 0.717) is 31.2 Å². The number of rotatable bonds is 4. The first-order chi connectivity index (χ1) is 11.2. The van der Waals surface area contributed by atoms with E-state index in [9.17, 15) is 26.4 Å². The van der Waals surface area contributed by atoms with Crippen molar-refractivity contribution >= 4 is 15.6 Å². The Morgan fingerprint density at radius 2 is 1.75 bits per heavy atom. The van der Waals surface area contributed by atoms with Crippen LogP contribution in [0.4, 0.5) is 13.2 Å². The number of carbonyl (C=O) groups is 1. The molecule has 0 amide bonds. The molecule has 2 bridgehead atoms. The quantitative estimate of drug-likeness (QED) is 0.825. The van der Waals surface area contributed by atoms with E-state index in [2.05, 4.69) is 0 Å². The molecule has 2 unspecified atom stereocenters. The lowest BCUT2D eigenvalue weighted by atomic mass is 9.91. The maximum absolute atomic E-state index is 12.7. The first-order valence-electron chi connectivity index (χ1n) is 8.09. The molecule has 0 aromatic heterocycles. The fourth-order valence-corrected chi connectivity index (χ4v) is 6.32. The molecule has 3 nitrogen and oxygen atoms in total. The standard InChI is InChI=1S/C17H19F3O3S/c18-17(19,20)13-3-1-2-11(8-13)4-7-16(21)12-9-14-5-6-15(10-12)24(14,22)23/h1-3,8,12,14-15H,4-7,9-10H2. The van der Waals surface area contributed by atoms with Crippen molar-refractivity contribution < 1.29 is 26.4 Å². The summed E-state index contributed by atoms with van der Waals surface area (Å²) in [5.41, 5.74) is -0.237. The first-order valence-corrected chi connectivity index (χ1v) is 9.70. The van der Waals surface area contributed by atoms with Gasteiger partial charge in [0.2, 0.25) is 0 Å². The van der Waals surface area contributed by atoms with Crippen molar-refractivity contribution in [3.05, 3.63) is 35.4 Å². The second kappa shape index (κ2) is 6.17. The number of hydrogen-bond donors (Lipinski definition) is 0. The van der Waals surface area contributed by atoms with Crippen molar-refractivity contribution in [2.45, 2.75) is 55.2 Å². The zero-order valence-electron chi connectivity index (χ0n) is 13.1. The summed E-state index contributed by atoms with van der Waals surface area (Å²) in [6, 6.07) is 5.00. The molecule has 2 heterocycles. The van der Waals surface area contributed by atoms with Gasteiger partial charge in [-0.2, -0.15) is 13.2 Å². The summed E-state index contributed by atoms with van der Waals surface area (Å²) in [4.78, 5) is 12.4. The second-order valence-electron chi connectivity index (χ2n) is 6.74. The van der Waals surface area contributed by atoms with Gasteiger partial charge in [-0.05, 0) is 43.7 Å². The number of sulfone groups is 1. The molecule has 2 saturated heterocycles. The number of halogens is 3. The Hall–Kier alpha value is -1.37. The van der Waals surface area contributed by atoms with Crippen molar-refractivity contribution in [3.63, 3.8) is 0 Å². The van der Waals surface area contributed by atoms with Gasteiger partial charge in [-0.1, -0.05) is 18.2 Å². The van der Waals surface area contributed by atoms with Gasteiger partial charge >= 0.3 is 6.18 Å². The minimum atomic E-state index is -4.39. The number of aryl methyl sites for hydroxylation is 1. The number of fused-ring (bicyclic) bond motifs is 2. The molecule has 2 atom stereocenters. The molecule has 2 aliphatic heterocycles. The molecule has 2 aliphatic rings. The third-order valence-corrected chi connectivity index (χ3v) is 7.92. The van der Waals surface area contributed by atoms with Crippen LogP contribution in [0.15, 0.2) is 24.3 Å². The summed E-state index contributed by atoms with van der Waals surface area (Å²) in [6.45, 7) is 0. The fourth-order valence-electron chi connectivity index (χ4n) is 3.85. The molecule has 24 heavy (non-hydrogen) atoms. The normalized spacial score (nSPS) is 28.7. The Bertz CT molecular complexity index is 720. The second-order valence-corrected chi connectivity index (χ2v) is 9.25. The number of Topliss-reactive ketones (excluding diaryl/α,β-unsaturated/α-hetero) is 1. The molecule has 2 fully saturated rings. The molecular weight excluding hydrogens is 341 g/mol. The van der Waals surface area contributed by atoms with Gasteiger partial charge in [-0.3, -0.25) is 4.79 Å². The minimum Gasteiger partial charge on any atom is -0.299 e. The van der Waals surface area contributed by atoms with Gasteiger partial charge in [0, 0.05) is 12.3 Å². The fraction of sp³-hybridized carbons (Fsp3) is 0.588. The zero-order chi connectivity index (χ0) is 17.5. The molecule has 132 valence electrons. The maximum Gasteiger partial charge on any atom is 0.416 e. The van der Waals surface area contributed by atoms with Crippen molar-refractivity contribution in [1.29, 1.82) is 0 Å². The van der Waals surface area contributed by atoms with Crippen LogP contribution in [-0.4, -0.2) is 24.7 Å². The van der Waals surface area contributed by atoms with Gasteiger partial charge in [0.15, 0.2) is 9.84 Å². The summed E-state index contributed by atoms with van der Waals surface area (Å²) < 4.78 is 62.2. The van der Waals surface area contributed by atoms with E-state index in [1.54, 1.807) is 6.07 Å². The minimum absolute atomic E-state index is 0.0285. The lowest BCUT2D eigenvalue weighted by molar-refractivity contribution is -0.137. The highest BCUT2D eigenvalue weighted by atomic mass is 32.2. The van der Waals surface area contributed by atoms with Crippen molar-refractivity contribution in [3.8, 4) is 0 Å². The number of ketones is 1.